The molecular formula is C10H17F2N2O12P3S. The van der Waals surface area contributed by atoms with Crippen LogP contribution in [0.5, 0.6) is 0 Å². The summed E-state index contributed by atoms with van der Waals surface area (Å²) in [5.41, 5.74) is -3.66. The molecule has 174 valence electrons. The van der Waals surface area contributed by atoms with Gasteiger partial charge in [-0.1, -0.05) is 0 Å². The fraction of sp³-hybridized carbons (Fsp3) is 0.600. The normalized spacial score (nSPS) is 19.5. The molecule has 0 saturated heterocycles. The minimum absolute atomic E-state index is 0.342. The zero-order chi connectivity index (χ0) is 23.5. The zero-order valence-electron chi connectivity index (χ0n) is 14.8. The number of hydrogen-bond donors (Lipinski definition) is 6. The molecule has 0 aliphatic rings. The molecule has 20 heteroatoms. The SMILES string of the molecule is CC(F)(Cn1cc(F)c(=O)[nH]c1=S)[C@@H](O)CCOP(=O)(O)OP(=O)(O)OP(=O)(O)O. The molecule has 1 aromatic heterocycles. The summed E-state index contributed by atoms with van der Waals surface area (Å²) in [5.74, 6) is -1.26. The van der Waals surface area contributed by atoms with Gasteiger partial charge in [0.2, 0.25) is 5.82 Å². The number of phosphoric acid groups is 3. The van der Waals surface area contributed by atoms with Crippen molar-refractivity contribution in [3.8, 4) is 0 Å². The van der Waals surface area contributed by atoms with Crippen LogP contribution in [0.4, 0.5) is 8.78 Å². The number of nitrogens with zero attached hydrogens (tertiary/aromatic N) is 1. The number of H-pyrrole nitrogens is 1. The second kappa shape index (κ2) is 9.86. The molecule has 1 heterocycles. The summed E-state index contributed by atoms with van der Waals surface area (Å²) >= 11 is 4.74. The lowest BCUT2D eigenvalue weighted by molar-refractivity contribution is -0.0211. The Bertz CT molecular complexity index is 1020. The van der Waals surface area contributed by atoms with E-state index in [0.29, 0.717) is 6.20 Å². The molecule has 6 N–H and O–H groups in total. The standard InChI is InChI=1S/C10H17F2N2O12P3S/c1-10(12,5-14-4-6(11)8(16)13-9(14)30)7(15)2-3-24-28(20,21)26-29(22,23)25-27(17,18)19/h4,7,15H,2-3,5H2,1H3,(H,20,21)(H,22,23)(H,13,16,30)(H2,17,18,19)/t7-,10?/m0/s1. The van der Waals surface area contributed by atoms with Crippen molar-refractivity contribution >= 4 is 35.7 Å². The van der Waals surface area contributed by atoms with Crippen LogP contribution >= 0.6 is 35.7 Å². The molecule has 0 aromatic carbocycles. The summed E-state index contributed by atoms with van der Waals surface area (Å²) in [6.45, 7) is -0.807. The van der Waals surface area contributed by atoms with Gasteiger partial charge in [-0.25, -0.2) is 18.1 Å². The fourth-order valence-corrected chi connectivity index (χ4v) is 5.16. The second-order valence-corrected chi connectivity index (χ2v) is 10.7. The largest absolute Gasteiger partial charge is 0.490 e. The van der Waals surface area contributed by atoms with Gasteiger partial charge in [0.15, 0.2) is 10.4 Å². The summed E-state index contributed by atoms with van der Waals surface area (Å²) in [7, 11) is -16.7. The predicted molar refractivity (Wildman–Crippen MR) is 95.8 cm³/mol. The summed E-state index contributed by atoms with van der Waals surface area (Å²) in [4.78, 5) is 48.1. The predicted octanol–water partition coefficient (Wildman–Crippen LogP) is 0.867. The maximum Gasteiger partial charge on any atom is 0.490 e. The van der Waals surface area contributed by atoms with E-state index in [-0.39, 0.29) is 4.77 Å². The van der Waals surface area contributed by atoms with E-state index in [9.17, 15) is 37.3 Å². The molecule has 0 radical (unpaired) electrons. The van der Waals surface area contributed by atoms with Crippen molar-refractivity contribution in [2.75, 3.05) is 6.61 Å². The smallest absolute Gasteiger partial charge is 0.390 e. The average molecular weight is 520 g/mol. The summed E-state index contributed by atoms with van der Waals surface area (Å²) in [6.07, 6.45) is -2.01. The number of aromatic nitrogens is 2. The number of halogens is 2. The van der Waals surface area contributed by atoms with E-state index < -0.39 is 66.2 Å². The Morgan fingerprint density at radius 2 is 1.80 bits per heavy atom. The van der Waals surface area contributed by atoms with Crippen molar-refractivity contribution in [3.63, 3.8) is 0 Å². The van der Waals surface area contributed by atoms with Gasteiger partial charge in [-0.3, -0.25) is 14.3 Å². The maximum atomic E-state index is 14.7. The van der Waals surface area contributed by atoms with E-state index in [4.69, 9.17) is 26.9 Å². The zero-order valence-corrected chi connectivity index (χ0v) is 18.3. The first-order valence-corrected chi connectivity index (χ1v) is 12.4. The van der Waals surface area contributed by atoms with Gasteiger partial charge in [0.05, 0.1) is 19.3 Å². The summed E-state index contributed by atoms with van der Waals surface area (Å²) in [6, 6.07) is 0. The number of aliphatic hydroxyl groups excluding tert-OH is 1. The van der Waals surface area contributed by atoms with Crippen LogP contribution in [0.25, 0.3) is 0 Å². The van der Waals surface area contributed by atoms with Crippen LogP contribution in [0.15, 0.2) is 11.0 Å². The highest BCUT2D eigenvalue weighted by Gasteiger charge is 2.41. The second-order valence-electron chi connectivity index (χ2n) is 5.87. The van der Waals surface area contributed by atoms with E-state index in [1.807, 2.05) is 4.98 Å². The third-order valence-corrected chi connectivity index (χ3v) is 7.38. The van der Waals surface area contributed by atoms with Crippen LogP contribution in [-0.4, -0.2) is 52.6 Å². The molecule has 30 heavy (non-hydrogen) atoms. The molecule has 14 nitrogen and oxygen atoms in total. The van der Waals surface area contributed by atoms with Crippen molar-refractivity contribution < 1.29 is 60.3 Å². The van der Waals surface area contributed by atoms with Crippen molar-refractivity contribution in [2.45, 2.75) is 31.7 Å². The van der Waals surface area contributed by atoms with Gasteiger partial charge in [0.1, 0.15) is 0 Å². The summed E-state index contributed by atoms with van der Waals surface area (Å²) in [5, 5.41) is 9.92. The highest BCUT2D eigenvalue weighted by molar-refractivity contribution is 7.71. The lowest BCUT2D eigenvalue weighted by Crippen LogP contribution is -2.40. The number of phosphoric ester groups is 1. The number of alkyl halides is 1. The number of hydrogen-bond acceptors (Lipinski definition) is 9. The molecule has 0 aliphatic carbocycles. The number of aromatic amines is 1. The van der Waals surface area contributed by atoms with Crippen LogP contribution in [0.3, 0.4) is 0 Å². The molecule has 0 aliphatic heterocycles. The molecule has 0 fully saturated rings. The highest BCUT2D eigenvalue weighted by atomic mass is 32.1. The Labute approximate surface area is 171 Å². The van der Waals surface area contributed by atoms with Crippen LogP contribution in [-0.2, 0) is 33.4 Å². The summed E-state index contributed by atoms with van der Waals surface area (Å²) < 4.78 is 72.8. The first-order valence-electron chi connectivity index (χ1n) is 7.48. The Hall–Kier alpha value is -0.670. The van der Waals surface area contributed by atoms with E-state index in [0.717, 1.165) is 11.5 Å². The molecule has 0 amide bonds. The Morgan fingerprint density at radius 3 is 2.33 bits per heavy atom. The molecule has 4 atom stereocenters. The van der Waals surface area contributed by atoms with Gasteiger partial charge in [-0.2, -0.15) is 13.0 Å². The topological polar surface area (TPSA) is 218 Å². The highest BCUT2D eigenvalue weighted by Crippen LogP contribution is 2.66. The van der Waals surface area contributed by atoms with Crippen LogP contribution in [0.1, 0.15) is 13.3 Å². The van der Waals surface area contributed by atoms with E-state index in [2.05, 4.69) is 13.1 Å². The molecule has 3 unspecified atom stereocenters. The van der Waals surface area contributed by atoms with Gasteiger partial charge >= 0.3 is 23.5 Å². The number of rotatable bonds is 11. The minimum atomic E-state index is -5.71. The van der Waals surface area contributed by atoms with Gasteiger partial charge in [0.25, 0.3) is 5.56 Å². The monoisotopic (exact) mass is 520 g/mol. The first kappa shape index (κ1) is 27.4. The van der Waals surface area contributed by atoms with Crippen molar-refractivity contribution in [3.05, 3.63) is 27.1 Å². The number of nitrogens with one attached hydrogen (secondary N) is 1. The molecule has 1 aromatic rings. The Kier molecular flexibility index (Phi) is 8.99. The van der Waals surface area contributed by atoms with Gasteiger partial charge in [0, 0.05) is 12.6 Å². The maximum absolute atomic E-state index is 14.7. The fourth-order valence-electron chi connectivity index (χ4n) is 1.92. The van der Waals surface area contributed by atoms with Gasteiger partial charge in [-0.15, -0.1) is 0 Å². The first-order chi connectivity index (χ1) is 13.3. The third-order valence-electron chi connectivity index (χ3n) is 3.20. The van der Waals surface area contributed by atoms with E-state index >= 15 is 0 Å². The third kappa shape index (κ3) is 9.22. The molecule has 1 rings (SSSR count). The Morgan fingerprint density at radius 1 is 1.23 bits per heavy atom. The van der Waals surface area contributed by atoms with Crippen molar-refractivity contribution in [2.24, 2.45) is 0 Å². The molecule has 0 bridgehead atoms. The van der Waals surface area contributed by atoms with Crippen LogP contribution < -0.4 is 5.56 Å². The Balaban J connectivity index is 2.71. The molecule has 0 spiro atoms. The molecular weight excluding hydrogens is 503 g/mol. The number of aliphatic hydroxyl groups is 1. The van der Waals surface area contributed by atoms with E-state index in [1.165, 1.54) is 0 Å². The van der Waals surface area contributed by atoms with Gasteiger partial charge < -0.3 is 29.2 Å². The van der Waals surface area contributed by atoms with E-state index in [1.54, 1.807) is 0 Å². The molecule has 0 saturated carbocycles. The van der Waals surface area contributed by atoms with Crippen molar-refractivity contribution in [1.29, 1.82) is 0 Å². The van der Waals surface area contributed by atoms with Crippen LogP contribution in [0.2, 0.25) is 0 Å². The quantitative estimate of drug-likeness (QED) is 0.176. The lowest BCUT2D eigenvalue weighted by Gasteiger charge is -2.27. The van der Waals surface area contributed by atoms with Crippen molar-refractivity contribution in [1.82, 2.24) is 9.55 Å². The van der Waals surface area contributed by atoms with Gasteiger partial charge in [-0.05, 0) is 19.1 Å². The van der Waals surface area contributed by atoms with Crippen LogP contribution in [0, 0.1) is 10.6 Å². The lowest BCUT2D eigenvalue weighted by atomic mass is 9.98. The minimum Gasteiger partial charge on any atom is -0.390 e. The average Bonchev–Trinajstić information content (AvgIpc) is 2.48.